The van der Waals surface area contributed by atoms with Crippen LogP contribution in [0.5, 0.6) is 0 Å². The lowest BCUT2D eigenvalue weighted by Gasteiger charge is -2.10. The van der Waals surface area contributed by atoms with Crippen LogP contribution in [0.15, 0.2) is 88.7 Å². The standard InChI is InChI=1S/C25H19ClFN5O3S/c1-16-3-2-4-18(11-16)24-29-25(35-30-24)23-14-32(15-28-23)13-17-5-7-19(8-6-17)31-36(33,34)20-9-10-22(27)21(26)12-20/h2-12,14-15,31H,13H2,1H3. The van der Waals surface area contributed by atoms with Crippen molar-refractivity contribution in [2.24, 2.45) is 0 Å². The van der Waals surface area contributed by atoms with Gasteiger partial charge in [-0.3, -0.25) is 4.72 Å². The Balaban J connectivity index is 1.26. The molecule has 0 saturated heterocycles. The highest BCUT2D eigenvalue weighted by Crippen LogP contribution is 2.24. The summed E-state index contributed by atoms with van der Waals surface area (Å²) < 4.78 is 48.2. The largest absolute Gasteiger partial charge is 0.332 e. The number of imidazole rings is 1. The van der Waals surface area contributed by atoms with Crippen LogP contribution in [0.25, 0.3) is 23.0 Å². The quantitative estimate of drug-likeness (QED) is 0.300. The van der Waals surface area contributed by atoms with Crippen LogP contribution in [-0.4, -0.2) is 28.1 Å². The number of benzene rings is 3. The van der Waals surface area contributed by atoms with Gasteiger partial charge in [0.2, 0.25) is 5.82 Å². The van der Waals surface area contributed by atoms with Crippen molar-refractivity contribution in [2.45, 2.75) is 18.4 Å². The van der Waals surface area contributed by atoms with Gasteiger partial charge in [-0.2, -0.15) is 4.98 Å². The van der Waals surface area contributed by atoms with E-state index in [1.165, 1.54) is 0 Å². The summed E-state index contributed by atoms with van der Waals surface area (Å²) in [4.78, 5) is 8.67. The van der Waals surface area contributed by atoms with E-state index in [2.05, 4.69) is 19.8 Å². The second-order valence-corrected chi connectivity index (χ2v) is 10.2. The van der Waals surface area contributed by atoms with Crippen LogP contribution < -0.4 is 4.72 Å². The van der Waals surface area contributed by atoms with Crippen molar-refractivity contribution < 1.29 is 17.3 Å². The molecule has 1 N–H and O–H groups in total. The third kappa shape index (κ3) is 5.14. The second-order valence-electron chi connectivity index (χ2n) is 8.10. The minimum Gasteiger partial charge on any atom is -0.332 e. The molecule has 0 aliphatic heterocycles. The average Bonchev–Trinajstić information content (AvgIpc) is 3.52. The summed E-state index contributed by atoms with van der Waals surface area (Å²) in [5, 5.41) is 3.79. The fraction of sp³-hybridized carbons (Fsp3) is 0.0800. The van der Waals surface area contributed by atoms with Gasteiger partial charge in [-0.25, -0.2) is 17.8 Å². The van der Waals surface area contributed by atoms with Gasteiger partial charge in [0.15, 0.2) is 0 Å². The molecule has 0 aliphatic rings. The minimum atomic E-state index is -3.91. The van der Waals surface area contributed by atoms with Crippen LogP contribution in [0.3, 0.4) is 0 Å². The Morgan fingerprint density at radius 2 is 1.89 bits per heavy atom. The predicted octanol–water partition coefficient (Wildman–Crippen LogP) is 5.55. The zero-order chi connectivity index (χ0) is 25.3. The number of hydrogen-bond acceptors (Lipinski definition) is 6. The van der Waals surface area contributed by atoms with E-state index in [1.807, 2.05) is 35.8 Å². The Morgan fingerprint density at radius 1 is 1.08 bits per heavy atom. The van der Waals surface area contributed by atoms with Gasteiger partial charge >= 0.3 is 0 Å². The molecule has 8 nitrogen and oxygen atoms in total. The van der Waals surface area contributed by atoms with Crippen molar-refractivity contribution in [1.29, 1.82) is 0 Å². The zero-order valence-electron chi connectivity index (χ0n) is 18.9. The van der Waals surface area contributed by atoms with Crippen LogP contribution in [0.1, 0.15) is 11.1 Å². The number of sulfonamides is 1. The molecule has 3 aromatic carbocycles. The highest BCUT2D eigenvalue weighted by atomic mass is 35.5. The van der Waals surface area contributed by atoms with Crippen LogP contribution in [-0.2, 0) is 16.6 Å². The summed E-state index contributed by atoms with van der Waals surface area (Å²) in [5.74, 6) is 0.119. The Morgan fingerprint density at radius 3 is 2.64 bits per heavy atom. The third-order valence-corrected chi connectivity index (χ3v) is 7.00. The number of anilines is 1. The molecule has 36 heavy (non-hydrogen) atoms. The first kappa shape index (κ1) is 23.7. The highest BCUT2D eigenvalue weighted by molar-refractivity contribution is 7.92. The Bertz CT molecular complexity index is 1650. The fourth-order valence-corrected chi connectivity index (χ4v) is 4.86. The highest BCUT2D eigenvalue weighted by Gasteiger charge is 2.17. The van der Waals surface area contributed by atoms with Crippen LogP contribution in [0, 0.1) is 12.7 Å². The van der Waals surface area contributed by atoms with E-state index in [9.17, 15) is 12.8 Å². The Hall–Kier alpha value is -4.02. The number of nitrogens with zero attached hydrogens (tertiary/aromatic N) is 4. The SMILES string of the molecule is Cc1cccc(-c2noc(-c3cn(Cc4ccc(NS(=O)(=O)c5ccc(F)c(Cl)c5)cc4)cn3)n2)c1. The molecule has 0 spiro atoms. The Labute approximate surface area is 211 Å². The number of aryl methyl sites for hydroxylation is 1. The van der Waals surface area contributed by atoms with Gasteiger partial charge in [0.25, 0.3) is 15.9 Å². The van der Waals surface area contributed by atoms with E-state index in [0.29, 0.717) is 29.6 Å². The maximum Gasteiger partial charge on any atom is 0.278 e. The van der Waals surface area contributed by atoms with Gasteiger partial charge in [0, 0.05) is 24.0 Å². The predicted molar refractivity (Wildman–Crippen MR) is 133 cm³/mol. The van der Waals surface area contributed by atoms with Gasteiger partial charge in [-0.1, -0.05) is 52.7 Å². The van der Waals surface area contributed by atoms with Gasteiger partial charge in [-0.05, 0) is 48.9 Å². The molecule has 0 amide bonds. The monoisotopic (exact) mass is 523 g/mol. The number of hydrogen-bond donors (Lipinski definition) is 1. The van der Waals surface area contributed by atoms with Crippen molar-refractivity contribution >= 4 is 27.3 Å². The molecule has 5 rings (SSSR count). The summed E-state index contributed by atoms with van der Waals surface area (Å²) >= 11 is 5.71. The van der Waals surface area contributed by atoms with Crippen molar-refractivity contribution in [3.63, 3.8) is 0 Å². The van der Waals surface area contributed by atoms with E-state index in [0.717, 1.165) is 34.9 Å². The molecule has 0 atom stereocenters. The van der Waals surface area contributed by atoms with Crippen molar-refractivity contribution in [3.8, 4) is 23.0 Å². The second kappa shape index (κ2) is 9.56. The fourth-order valence-electron chi connectivity index (χ4n) is 3.53. The summed E-state index contributed by atoms with van der Waals surface area (Å²) in [5.41, 5.74) is 3.78. The number of aromatic nitrogens is 4. The summed E-state index contributed by atoms with van der Waals surface area (Å²) in [6.45, 7) is 2.49. The van der Waals surface area contributed by atoms with E-state index in [4.69, 9.17) is 16.1 Å². The van der Waals surface area contributed by atoms with Gasteiger partial charge in [0.05, 0.1) is 16.2 Å². The lowest BCUT2D eigenvalue weighted by atomic mass is 10.1. The molecule has 2 heterocycles. The normalized spacial score (nSPS) is 11.5. The molecule has 182 valence electrons. The average molecular weight is 524 g/mol. The van der Waals surface area contributed by atoms with Crippen molar-refractivity contribution in [2.75, 3.05) is 4.72 Å². The van der Waals surface area contributed by atoms with Crippen molar-refractivity contribution in [1.82, 2.24) is 19.7 Å². The number of halogens is 2. The first-order valence-corrected chi connectivity index (χ1v) is 12.6. The Kier molecular flexibility index (Phi) is 6.29. The molecule has 2 aromatic heterocycles. The van der Waals surface area contributed by atoms with E-state index in [1.54, 1.807) is 36.8 Å². The lowest BCUT2D eigenvalue weighted by molar-refractivity contribution is 0.431. The maximum absolute atomic E-state index is 13.4. The molecule has 0 radical (unpaired) electrons. The zero-order valence-corrected chi connectivity index (χ0v) is 20.5. The molecule has 0 fully saturated rings. The van der Waals surface area contributed by atoms with Crippen molar-refractivity contribution in [3.05, 3.63) is 101 Å². The lowest BCUT2D eigenvalue weighted by Crippen LogP contribution is -2.13. The summed E-state index contributed by atoms with van der Waals surface area (Å²) in [7, 11) is -3.91. The summed E-state index contributed by atoms with van der Waals surface area (Å²) in [6, 6.07) is 17.9. The smallest absolute Gasteiger partial charge is 0.278 e. The number of rotatable bonds is 7. The number of nitrogens with one attached hydrogen (secondary N) is 1. The van der Waals surface area contributed by atoms with E-state index in [-0.39, 0.29) is 9.92 Å². The van der Waals surface area contributed by atoms with Crippen LogP contribution >= 0.6 is 11.6 Å². The molecule has 0 bridgehead atoms. The van der Waals surface area contributed by atoms with Crippen LogP contribution in [0.4, 0.5) is 10.1 Å². The van der Waals surface area contributed by atoms with Gasteiger partial charge in [0.1, 0.15) is 11.5 Å². The molecule has 5 aromatic rings. The third-order valence-electron chi connectivity index (χ3n) is 5.33. The molecule has 0 saturated carbocycles. The first-order valence-electron chi connectivity index (χ1n) is 10.8. The molecule has 11 heteroatoms. The maximum atomic E-state index is 13.4. The van der Waals surface area contributed by atoms with E-state index >= 15 is 0 Å². The summed E-state index contributed by atoms with van der Waals surface area (Å²) in [6.07, 6.45) is 3.45. The van der Waals surface area contributed by atoms with Crippen LogP contribution in [0.2, 0.25) is 5.02 Å². The molecule has 0 aliphatic carbocycles. The topological polar surface area (TPSA) is 103 Å². The van der Waals surface area contributed by atoms with Gasteiger partial charge < -0.3 is 9.09 Å². The van der Waals surface area contributed by atoms with Gasteiger partial charge in [-0.15, -0.1) is 0 Å². The minimum absolute atomic E-state index is 0.129. The molecular formula is C25H19ClFN5O3S. The molecular weight excluding hydrogens is 505 g/mol. The first-order chi connectivity index (χ1) is 17.3. The molecule has 0 unspecified atom stereocenters. The van der Waals surface area contributed by atoms with E-state index < -0.39 is 15.8 Å².